The third-order valence-electron chi connectivity index (χ3n) is 3.53. The van der Waals surface area contributed by atoms with Gasteiger partial charge in [0.15, 0.2) is 0 Å². The van der Waals surface area contributed by atoms with E-state index >= 15 is 0 Å². The highest BCUT2D eigenvalue weighted by Gasteiger charge is 2.46. The number of carbonyl (C=O) groups is 1. The van der Waals surface area contributed by atoms with Crippen molar-refractivity contribution in [3.8, 4) is 6.07 Å². The van der Waals surface area contributed by atoms with Crippen LogP contribution in [-0.2, 0) is 16.1 Å². The van der Waals surface area contributed by atoms with Gasteiger partial charge in [0.1, 0.15) is 37.1 Å². The second kappa shape index (κ2) is 7.89. The number of amides is 1. The summed E-state index contributed by atoms with van der Waals surface area (Å²) in [6.07, 6.45) is -5.74. The Morgan fingerprint density at radius 2 is 2.04 bits per heavy atom. The first-order valence-corrected chi connectivity index (χ1v) is 7.06. The number of nitrogens with zero attached hydrogens (tertiary/aromatic N) is 1. The highest BCUT2D eigenvalue weighted by atomic mass is 16.6. The predicted octanol–water partition coefficient (Wildman–Crippen LogP) is -0.714. The summed E-state index contributed by atoms with van der Waals surface area (Å²) >= 11 is 0. The Morgan fingerprint density at radius 3 is 2.61 bits per heavy atom. The molecule has 0 saturated carbocycles. The Kier molecular flexibility index (Phi) is 5.90. The molecule has 8 nitrogen and oxygen atoms in total. The van der Waals surface area contributed by atoms with E-state index in [1.54, 1.807) is 30.3 Å². The number of nitriles is 1. The summed E-state index contributed by atoms with van der Waals surface area (Å²) < 4.78 is 10.2. The topological polar surface area (TPSA) is 132 Å². The Hall–Kier alpha value is -2.18. The first-order valence-electron chi connectivity index (χ1n) is 7.06. The summed E-state index contributed by atoms with van der Waals surface area (Å²) in [5.74, 6) is 0. The lowest BCUT2D eigenvalue weighted by Crippen LogP contribution is -2.48. The van der Waals surface area contributed by atoms with Crippen LogP contribution in [0.2, 0.25) is 0 Å². The van der Waals surface area contributed by atoms with Crippen molar-refractivity contribution in [3.63, 3.8) is 0 Å². The van der Waals surface area contributed by atoms with Gasteiger partial charge in [0.2, 0.25) is 0 Å². The first-order chi connectivity index (χ1) is 11.1. The molecule has 1 aromatic rings. The molecule has 1 saturated heterocycles. The van der Waals surface area contributed by atoms with Gasteiger partial charge in [-0.05, 0) is 5.56 Å². The van der Waals surface area contributed by atoms with E-state index in [4.69, 9.17) is 19.8 Å². The van der Waals surface area contributed by atoms with Crippen molar-refractivity contribution >= 4 is 6.09 Å². The zero-order chi connectivity index (χ0) is 16.8. The highest BCUT2D eigenvalue weighted by Crippen LogP contribution is 2.23. The Bertz CT molecular complexity index is 561. The molecule has 1 heterocycles. The normalized spacial score (nSPS) is 27.9. The van der Waals surface area contributed by atoms with Crippen molar-refractivity contribution in [2.24, 2.45) is 0 Å². The van der Waals surface area contributed by atoms with Gasteiger partial charge in [0.05, 0.1) is 12.7 Å². The number of ether oxygens (including phenoxy) is 2. The van der Waals surface area contributed by atoms with E-state index in [2.05, 4.69) is 5.32 Å². The van der Waals surface area contributed by atoms with Crippen molar-refractivity contribution in [2.45, 2.75) is 37.1 Å². The molecular weight excluding hydrogens is 304 g/mol. The summed E-state index contributed by atoms with van der Waals surface area (Å²) in [4.78, 5) is 11.7. The average Bonchev–Trinajstić information content (AvgIpc) is 2.87. The number of alkyl carbamates (subject to hydrolysis) is 1. The maximum Gasteiger partial charge on any atom is 0.408 e. The van der Waals surface area contributed by atoms with Crippen LogP contribution >= 0.6 is 0 Å². The molecule has 124 valence electrons. The van der Waals surface area contributed by atoms with Crippen LogP contribution in [0.1, 0.15) is 5.56 Å². The molecular formula is C15H18N2O6. The van der Waals surface area contributed by atoms with Crippen LogP contribution in [-0.4, -0.2) is 58.5 Å². The standard InChI is InChI=1S/C15H18N2O6/c16-6-10(14-13(20)12(19)11(7-18)23-14)17-15(21)22-8-9-4-2-1-3-5-9/h1-5,10-14,18-20H,7-8H2,(H,17,21)/t10?,11-,12-,13-,14+/m1/s1. The van der Waals surface area contributed by atoms with Gasteiger partial charge in [0, 0.05) is 0 Å². The molecule has 0 radical (unpaired) electrons. The second-order valence-corrected chi connectivity index (χ2v) is 5.12. The summed E-state index contributed by atoms with van der Waals surface area (Å²) in [5, 5.41) is 40.0. The van der Waals surface area contributed by atoms with E-state index in [0.717, 1.165) is 5.56 Å². The molecule has 1 amide bonds. The maximum absolute atomic E-state index is 11.7. The third kappa shape index (κ3) is 4.18. The largest absolute Gasteiger partial charge is 0.445 e. The fraction of sp³-hybridized carbons (Fsp3) is 0.467. The van der Waals surface area contributed by atoms with Gasteiger partial charge in [-0.15, -0.1) is 0 Å². The van der Waals surface area contributed by atoms with Gasteiger partial charge >= 0.3 is 6.09 Å². The van der Waals surface area contributed by atoms with Crippen LogP contribution in [0.4, 0.5) is 4.79 Å². The SMILES string of the molecule is N#CC(NC(=O)OCc1ccccc1)[C@@H]1O[C@H](CO)[C@@H](O)[C@H]1O. The number of hydrogen-bond acceptors (Lipinski definition) is 7. The number of rotatable bonds is 5. The lowest BCUT2D eigenvalue weighted by atomic mass is 10.0. The summed E-state index contributed by atoms with van der Waals surface area (Å²) in [7, 11) is 0. The molecule has 0 bridgehead atoms. The Labute approximate surface area is 132 Å². The predicted molar refractivity (Wildman–Crippen MR) is 76.9 cm³/mol. The zero-order valence-corrected chi connectivity index (χ0v) is 12.2. The van der Waals surface area contributed by atoms with E-state index < -0.39 is 43.2 Å². The highest BCUT2D eigenvalue weighted by molar-refractivity contribution is 5.68. The second-order valence-electron chi connectivity index (χ2n) is 5.12. The van der Waals surface area contributed by atoms with Crippen molar-refractivity contribution in [2.75, 3.05) is 6.61 Å². The lowest BCUT2D eigenvalue weighted by molar-refractivity contribution is -0.0275. The van der Waals surface area contributed by atoms with Crippen LogP contribution in [0.3, 0.4) is 0 Å². The molecule has 23 heavy (non-hydrogen) atoms. The van der Waals surface area contributed by atoms with Crippen LogP contribution in [0.25, 0.3) is 0 Å². The van der Waals surface area contributed by atoms with Crippen LogP contribution in [0, 0.1) is 11.3 Å². The molecule has 0 aliphatic carbocycles. The van der Waals surface area contributed by atoms with E-state index in [0.29, 0.717) is 0 Å². The fourth-order valence-corrected chi connectivity index (χ4v) is 2.28. The van der Waals surface area contributed by atoms with Crippen LogP contribution in [0.15, 0.2) is 30.3 Å². The van der Waals surface area contributed by atoms with Crippen molar-refractivity contribution in [1.82, 2.24) is 5.32 Å². The summed E-state index contributed by atoms with van der Waals surface area (Å²) in [6.45, 7) is -0.480. The lowest BCUT2D eigenvalue weighted by Gasteiger charge is -2.20. The molecule has 1 aromatic carbocycles. The van der Waals surface area contributed by atoms with Crippen LogP contribution in [0.5, 0.6) is 0 Å². The van der Waals surface area contributed by atoms with E-state index in [1.165, 1.54) is 0 Å². The molecule has 8 heteroatoms. The van der Waals surface area contributed by atoms with Crippen LogP contribution < -0.4 is 5.32 Å². The number of benzene rings is 1. The minimum Gasteiger partial charge on any atom is -0.445 e. The van der Waals surface area contributed by atoms with Crippen molar-refractivity contribution < 1.29 is 29.6 Å². The van der Waals surface area contributed by atoms with Gasteiger partial charge < -0.3 is 30.1 Å². The minimum atomic E-state index is -1.40. The molecule has 0 aromatic heterocycles. The first kappa shape index (κ1) is 17.2. The molecule has 5 atom stereocenters. The molecule has 4 N–H and O–H groups in total. The number of aliphatic hydroxyl groups is 3. The molecule has 1 aliphatic heterocycles. The smallest absolute Gasteiger partial charge is 0.408 e. The summed E-state index contributed by atoms with van der Waals surface area (Å²) in [5.41, 5.74) is 0.782. The average molecular weight is 322 g/mol. The van der Waals surface area contributed by atoms with Gasteiger partial charge in [-0.3, -0.25) is 0 Å². The Balaban J connectivity index is 1.89. The monoisotopic (exact) mass is 322 g/mol. The van der Waals surface area contributed by atoms with E-state index in [9.17, 15) is 15.0 Å². The number of aliphatic hydroxyl groups excluding tert-OH is 3. The number of nitrogens with one attached hydrogen (secondary N) is 1. The van der Waals surface area contributed by atoms with Gasteiger partial charge in [-0.25, -0.2) is 4.79 Å². The maximum atomic E-state index is 11.7. The van der Waals surface area contributed by atoms with E-state index in [1.807, 2.05) is 6.07 Å². The minimum absolute atomic E-state index is 0.0286. The van der Waals surface area contributed by atoms with E-state index in [-0.39, 0.29) is 6.61 Å². The molecule has 1 fully saturated rings. The Morgan fingerprint density at radius 1 is 1.35 bits per heavy atom. The van der Waals surface area contributed by atoms with Gasteiger partial charge in [0.25, 0.3) is 0 Å². The quantitative estimate of drug-likeness (QED) is 0.563. The number of hydrogen-bond donors (Lipinski definition) is 4. The summed E-state index contributed by atoms with van der Waals surface area (Å²) in [6, 6.07) is 9.54. The zero-order valence-electron chi connectivity index (χ0n) is 12.2. The fourth-order valence-electron chi connectivity index (χ4n) is 2.28. The molecule has 2 rings (SSSR count). The van der Waals surface area contributed by atoms with Gasteiger partial charge in [-0.2, -0.15) is 5.26 Å². The molecule has 1 unspecified atom stereocenters. The molecule has 0 spiro atoms. The third-order valence-corrected chi connectivity index (χ3v) is 3.53. The van der Waals surface area contributed by atoms with Crippen molar-refractivity contribution in [3.05, 3.63) is 35.9 Å². The molecule has 1 aliphatic rings. The number of carbonyl (C=O) groups excluding carboxylic acids is 1. The van der Waals surface area contributed by atoms with Gasteiger partial charge in [-0.1, -0.05) is 30.3 Å². The van der Waals surface area contributed by atoms with Crippen molar-refractivity contribution in [1.29, 1.82) is 5.26 Å².